The molecule has 1 atom stereocenters. The fraction of sp³-hybridized carbons (Fsp3) is 0.231. The van der Waals surface area contributed by atoms with Gasteiger partial charge in [0.05, 0.1) is 36.5 Å². The van der Waals surface area contributed by atoms with Gasteiger partial charge < -0.3 is 9.30 Å². The first-order chi connectivity index (χ1) is 16.6. The molecular weight excluding hydrogens is 431 g/mol. The van der Waals surface area contributed by atoms with Gasteiger partial charge >= 0.3 is 0 Å². The SMILES string of the molecule is COc1cc(C=Cc2nc3n(n2)CCCC3c2ccc(F)cc2C#N)ccc1-n1cnc(C)c1. The number of benzene rings is 2. The topological polar surface area (TPSA) is 81.5 Å². The summed E-state index contributed by atoms with van der Waals surface area (Å²) in [5, 5.41) is 14.1. The van der Waals surface area contributed by atoms with E-state index in [1.807, 2.05) is 52.7 Å². The summed E-state index contributed by atoms with van der Waals surface area (Å²) in [6, 6.07) is 12.4. The zero-order valence-corrected chi connectivity index (χ0v) is 18.9. The minimum atomic E-state index is -0.411. The molecule has 0 saturated carbocycles. The van der Waals surface area contributed by atoms with Crippen molar-refractivity contribution < 1.29 is 9.13 Å². The van der Waals surface area contributed by atoms with Crippen LogP contribution >= 0.6 is 0 Å². The van der Waals surface area contributed by atoms with Gasteiger partial charge in [-0.2, -0.15) is 10.4 Å². The maximum absolute atomic E-state index is 13.6. The van der Waals surface area contributed by atoms with E-state index in [4.69, 9.17) is 9.72 Å². The molecule has 4 aromatic rings. The summed E-state index contributed by atoms with van der Waals surface area (Å²) in [4.78, 5) is 9.03. The van der Waals surface area contributed by atoms with Crippen molar-refractivity contribution in [3.8, 4) is 17.5 Å². The molecule has 0 radical (unpaired) electrons. The molecule has 0 saturated heterocycles. The van der Waals surface area contributed by atoms with Crippen molar-refractivity contribution in [2.24, 2.45) is 0 Å². The summed E-state index contributed by atoms with van der Waals surface area (Å²) < 4.78 is 23.0. The van der Waals surface area contributed by atoms with E-state index in [1.54, 1.807) is 19.5 Å². The average Bonchev–Trinajstić information content (AvgIpc) is 3.48. The minimum Gasteiger partial charge on any atom is -0.495 e. The average molecular weight is 455 g/mol. The smallest absolute Gasteiger partial charge is 0.174 e. The highest BCUT2D eigenvalue weighted by atomic mass is 19.1. The van der Waals surface area contributed by atoms with E-state index in [1.165, 1.54) is 12.1 Å². The molecule has 5 rings (SSSR count). The predicted molar refractivity (Wildman–Crippen MR) is 126 cm³/mol. The third-order valence-corrected chi connectivity index (χ3v) is 6.02. The molecule has 1 aliphatic heterocycles. The van der Waals surface area contributed by atoms with Crippen molar-refractivity contribution in [1.82, 2.24) is 24.3 Å². The zero-order valence-electron chi connectivity index (χ0n) is 18.9. The van der Waals surface area contributed by atoms with Gasteiger partial charge in [0.2, 0.25) is 0 Å². The van der Waals surface area contributed by atoms with Crippen LogP contribution in [0.4, 0.5) is 4.39 Å². The summed E-state index contributed by atoms with van der Waals surface area (Å²) >= 11 is 0. The molecule has 3 heterocycles. The highest BCUT2D eigenvalue weighted by Gasteiger charge is 2.27. The molecule has 0 spiro atoms. The van der Waals surface area contributed by atoms with E-state index >= 15 is 0 Å². The van der Waals surface area contributed by atoms with Gasteiger partial charge in [-0.15, -0.1) is 0 Å². The van der Waals surface area contributed by atoms with E-state index in [0.29, 0.717) is 11.4 Å². The van der Waals surface area contributed by atoms with Crippen molar-refractivity contribution in [1.29, 1.82) is 5.26 Å². The molecule has 0 N–H and O–H groups in total. The van der Waals surface area contributed by atoms with Crippen molar-refractivity contribution in [2.75, 3.05) is 7.11 Å². The number of imidazole rings is 1. The van der Waals surface area contributed by atoms with E-state index in [2.05, 4.69) is 16.2 Å². The van der Waals surface area contributed by atoms with Gasteiger partial charge in [0.25, 0.3) is 0 Å². The maximum atomic E-state index is 13.6. The molecule has 0 bridgehead atoms. The first-order valence-corrected chi connectivity index (χ1v) is 11.1. The second-order valence-corrected chi connectivity index (χ2v) is 8.28. The lowest BCUT2D eigenvalue weighted by molar-refractivity contribution is 0.413. The van der Waals surface area contributed by atoms with Gasteiger partial charge in [-0.25, -0.2) is 19.0 Å². The second-order valence-electron chi connectivity index (χ2n) is 8.28. The van der Waals surface area contributed by atoms with Crippen LogP contribution in [0, 0.1) is 24.1 Å². The Morgan fingerprint density at radius 1 is 1.21 bits per heavy atom. The summed E-state index contributed by atoms with van der Waals surface area (Å²) in [6.45, 7) is 2.71. The standard InChI is InChI=1S/C26H23FN6O/c1-17-15-32(16-29-17)23-9-5-18(12-24(23)34-2)6-10-25-30-26-22(4-3-11-33(26)31-25)21-8-7-20(27)13-19(21)14-28/h5-10,12-13,15-16,22H,3-4,11H2,1-2H3. The molecule has 0 fully saturated rings. The molecule has 1 aliphatic rings. The van der Waals surface area contributed by atoms with E-state index in [-0.39, 0.29) is 5.92 Å². The van der Waals surface area contributed by atoms with Crippen LogP contribution in [0.2, 0.25) is 0 Å². The zero-order chi connectivity index (χ0) is 23.7. The predicted octanol–water partition coefficient (Wildman–Crippen LogP) is 4.89. The molecule has 7 nitrogen and oxygen atoms in total. The normalized spacial score (nSPS) is 15.3. The highest BCUT2D eigenvalue weighted by molar-refractivity contribution is 5.69. The van der Waals surface area contributed by atoms with E-state index in [9.17, 15) is 9.65 Å². The van der Waals surface area contributed by atoms with Gasteiger partial charge in [-0.05, 0) is 61.2 Å². The Kier molecular flexibility index (Phi) is 5.68. The van der Waals surface area contributed by atoms with Crippen LogP contribution in [0.5, 0.6) is 5.75 Å². The Balaban J connectivity index is 1.43. The number of aryl methyl sites for hydroxylation is 2. The number of ether oxygens (including phenoxy) is 1. The van der Waals surface area contributed by atoms with Gasteiger partial charge in [0, 0.05) is 18.7 Å². The maximum Gasteiger partial charge on any atom is 0.174 e. The van der Waals surface area contributed by atoms with Crippen LogP contribution in [-0.4, -0.2) is 31.4 Å². The number of halogens is 1. The summed E-state index contributed by atoms with van der Waals surface area (Å²) in [7, 11) is 1.65. The Hall–Kier alpha value is -4.25. The number of rotatable bonds is 5. The number of methoxy groups -OCH3 is 1. The Bertz CT molecular complexity index is 1430. The lowest BCUT2D eigenvalue weighted by Crippen LogP contribution is -2.18. The third kappa shape index (κ3) is 4.08. The number of aromatic nitrogens is 5. The Morgan fingerprint density at radius 3 is 2.85 bits per heavy atom. The first kappa shape index (κ1) is 21.6. The van der Waals surface area contributed by atoms with Crippen LogP contribution in [0.15, 0.2) is 48.9 Å². The highest BCUT2D eigenvalue weighted by Crippen LogP contribution is 2.34. The van der Waals surface area contributed by atoms with Gasteiger partial charge in [-0.1, -0.05) is 18.2 Å². The molecule has 1 unspecified atom stereocenters. The number of nitriles is 1. The molecule has 2 aromatic heterocycles. The quantitative estimate of drug-likeness (QED) is 0.429. The number of hydrogen-bond donors (Lipinski definition) is 0. The van der Waals surface area contributed by atoms with Crippen LogP contribution < -0.4 is 4.74 Å². The molecule has 34 heavy (non-hydrogen) atoms. The molecule has 170 valence electrons. The van der Waals surface area contributed by atoms with Crippen molar-refractivity contribution in [3.05, 3.63) is 88.8 Å². The van der Waals surface area contributed by atoms with Crippen molar-refractivity contribution in [3.63, 3.8) is 0 Å². The summed E-state index contributed by atoms with van der Waals surface area (Å²) in [6.07, 6.45) is 9.28. The first-order valence-electron chi connectivity index (χ1n) is 11.1. The number of hydrogen-bond acceptors (Lipinski definition) is 5. The second kappa shape index (κ2) is 8.94. The van der Waals surface area contributed by atoms with Gasteiger partial charge in [0.15, 0.2) is 5.82 Å². The number of nitrogens with zero attached hydrogens (tertiary/aromatic N) is 6. The Morgan fingerprint density at radius 2 is 2.09 bits per heavy atom. The van der Waals surface area contributed by atoms with Crippen LogP contribution in [-0.2, 0) is 6.54 Å². The largest absolute Gasteiger partial charge is 0.495 e. The number of fused-ring (bicyclic) bond motifs is 1. The van der Waals surface area contributed by atoms with E-state index in [0.717, 1.165) is 53.5 Å². The molecular formula is C26H23FN6O. The lowest BCUT2D eigenvalue weighted by Gasteiger charge is -2.23. The summed E-state index contributed by atoms with van der Waals surface area (Å²) in [5.41, 5.74) is 3.93. The minimum absolute atomic E-state index is 0.0864. The van der Waals surface area contributed by atoms with Gasteiger partial charge in [-0.3, -0.25) is 0 Å². The third-order valence-electron chi connectivity index (χ3n) is 6.02. The molecule has 0 aliphatic carbocycles. The fourth-order valence-electron chi connectivity index (χ4n) is 4.40. The van der Waals surface area contributed by atoms with Crippen LogP contribution in [0.3, 0.4) is 0 Å². The summed E-state index contributed by atoms with van der Waals surface area (Å²) in [5.74, 6) is 1.63. The fourth-order valence-corrected chi connectivity index (χ4v) is 4.40. The molecule has 0 amide bonds. The van der Waals surface area contributed by atoms with E-state index < -0.39 is 5.82 Å². The molecule has 2 aromatic carbocycles. The lowest BCUT2D eigenvalue weighted by atomic mass is 9.88. The van der Waals surface area contributed by atoms with Crippen LogP contribution in [0.25, 0.3) is 17.8 Å². The molecule has 8 heteroatoms. The van der Waals surface area contributed by atoms with Crippen LogP contribution in [0.1, 0.15) is 52.8 Å². The van der Waals surface area contributed by atoms with Crippen molar-refractivity contribution >= 4 is 12.2 Å². The monoisotopic (exact) mass is 454 g/mol. The van der Waals surface area contributed by atoms with Gasteiger partial charge in [0.1, 0.15) is 17.4 Å². The Labute approximate surface area is 196 Å². The van der Waals surface area contributed by atoms with Crippen molar-refractivity contribution in [2.45, 2.75) is 32.2 Å².